The Morgan fingerprint density at radius 2 is 2.47 bits per heavy atom. The number of thioether (sulfide) groups is 1. The lowest BCUT2D eigenvalue weighted by atomic mass is 10.2. The Morgan fingerprint density at radius 1 is 1.63 bits per heavy atom. The molecule has 1 atom stereocenters. The molecule has 0 aliphatic carbocycles. The van der Waals surface area contributed by atoms with Crippen LogP contribution >= 0.6 is 11.8 Å². The predicted octanol–water partition coefficient (Wildman–Crippen LogP) is 1.87. The Labute approximate surface area is 116 Å². The Kier molecular flexibility index (Phi) is 5.04. The SMILES string of the molecule is COc1cc(NC(=O)CC2CSCCN2)ccc1F. The van der Waals surface area contributed by atoms with Crippen molar-refractivity contribution in [1.29, 1.82) is 0 Å². The quantitative estimate of drug-likeness (QED) is 0.886. The van der Waals surface area contributed by atoms with Gasteiger partial charge in [-0.05, 0) is 12.1 Å². The average Bonchev–Trinajstić information content (AvgIpc) is 2.42. The molecular formula is C13H17FN2O2S. The van der Waals surface area contributed by atoms with Crippen LogP contribution in [0.2, 0.25) is 0 Å². The van der Waals surface area contributed by atoms with Crippen molar-refractivity contribution < 1.29 is 13.9 Å². The fourth-order valence-electron chi connectivity index (χ4n) is 1.92. The molecule has 1 aromatic carbocycles. The highest BCUT2D eigenvalue weighted by molar-refractivity contribution is 7.99. The van der Waals surface area contributed by atoms with E-state index in [1.807, 2.05) is 11.8 Å². The van der Waals surface area contributed by atoms with Crippen LogP contribution in [0.25, 0.3) is 0 Å². The molecule has 1 heterocycles. The molecular weight excluding hydrogens is 267 g/mol. The van der Waals surface area contributed by atoms with E-state index in [9.17, 15) is 9.18 Å². The van der Waals surface area contributed by atoms with Gasteiger partial charge in [-0.1, -0.05) is 0 Å². The number of ether oxygens (including phenoxy) is 1. The number of halogens is 1. The van der Waals surface area contributed by atoms with Crippen molar-refractivity contribution in [2.24, 2.45) is 0 Å². The molecule has 0 aromatic heterocycles. The van der Waals surface area contributed by atoms with E-state index >= 15 is 0 Å². The number of hydrogen-bond acceptors (Lipinski definition) is 4. The standard InChI is InChI=1S/C13H17FN2O2S/c1-18-12-6-9(2-3-11(12)14)16-13(17)7-10-8-19-5-4-15-10/h2-3,6,10,15H,4-5,7-8H2,1H3,(H,16,17). The van der Waals surface area contributed by atoms with Gasteiger partial charge < -0.3 is 15.4 Å². The van der Waals surface area contributed by atoms with E-state index in [2.05, 4.69) is 10.6 Å². The van der Waals surface area contributed by atoms with Gasteiger partial charge in [0.2, 0.25) is 5.91 Å². The summed E-state index contributed by atoms with van der Waals surface area (Å²) in [5.41, 5.74) is 0.548. The van der Waals surface area contributed by atoms with Crippen molar-refractivity contribution in [2.75, 3.05) is 30.5 Å². The normalized spacial score (nSPS) is 18.9. The van der Waals surface area contributed by atoms with Crippen molar-refractivity contribution in [1.82, 2.24) is 5.32 Å². The molecule has 1 aliphatic heterocycles. The highest BCUT2D eigenvalue weighted by Gasteiger charge is 2.17. The summed E-state index contributed by atoms with van der Waals surface area (Å²) in [6.45, 7) is 0.937. The monoisotopic (exact) mass is 284 g/mol. The first-order valence-corrected chi connectivity index (χ1v) is 7.29. The summed E-state index contributed by atoms with van der Waals surface area (Å²) in [5, 5.41) is 6.06. The van der Waals surface area contributed by atoms with Gasteiger partial charge in [0.05, 0.1) is 7.11 Å². The minimum atomic E-state index is -0.439. The minimum absolute atomic E-state index is 0.0753. The van der Waals surface area contributed by atoms with Crippen LogP contribution in [0.15, 0.2) is 18.2 Å². The summed E-state index contributed by atoms with van der Waals surface area (Å²) in [6, 6.07) is 4.50. The number of rotatable bonds is 4. The van der Waals surface area contributed by atoms with Crippen molar-refractivity contribution in [3.05, 3.63) is 24.0 Å². The van der Waals surface area contributed by atoms with E-state index in [0.717, 1.165) is 18.1 Å². The lowest BCUT2D eigenvalue weighted by Gasteiger charge is -2.22. The van der Waals surface area contributed by atoms with Crippen LogP contribution in [0.3, 0.4) is 0 Å². The molecule has 6 heteroatoms. The van der Waals surface area contributed by atoms with E-state index in [1.54, 1.807) is 0 Å². The van der Waals surface area contributed by atoms with Crippen LogP contribution in [0.1, 0.15) is 6.42 Å². The predicted molar refractivity (Wildman–Crippen MR) is 75.3 cm³/mol. The zero-order chi connectivity index (χ0) is 13.7. The molecule has 0 saturated carbocycles. The molecule has 1 amide bonds. The summed E-state index contributed by atoms with van der Waals surface area (Å²) in [6.07, 6.45) is 0.423. The molecule has 2 N–H and O–H groups in total. The van der Waals surface area contributed by atoms with Gasteiger partial charge in [0, 0.05) is 42.3 Å². The number of anilines is 1. The van der Waals surface area contributed by atoms with Crippen molar-refractivity contribution in [2.45, 2.75) is 12.5 Å². The van der Waals surface area contributed by atoms with E-state index in [-0.39, 0.29) is 17.7 Å². The third-order valence-electron chi connectivity index (χ3n) is 2.87. The zero-order valence-electron chi connectivity index (χ0n) is 10.7. The molecule has 104 valence electrons. The maximum Gasteiger partial charge on any atom is 0.225 e. The van der Waals surface area contributed by atoms with Crippen LogP contribution in [0, 0.1) is 5.82 Å². The van der Waals surface area contributed by atoms with Gasteiger partial charge in [-0.2, -0.15) is 11.8 Å². The second kappa shape index (κ2) is 6.77. The number of amides is 1. The van der Waals surface area contributed by atoms with Gasteiger partial charge in [-0.25, -0.2) is 4.39 Å². The summed E-state index contributed by atoms with van der Waals surface area (Å²) >= 11 is 1.85. The Bertz CT molecular complexity index is 450. The molecule has 4 nitrogen and oxygen atoms in total. The Morgan fingerprint density at radius 3 is 3.16 bits per heavy atom. The molecule has 0 radical (unpaired) electrons. The second-order valence-corrected chi connectivity index (χ2v) is 5.48. The molecule has 1 saturated heterocycles. The third kappa shape index (κ3) is 4.11. The van der Waals surface area contributed by atoms with Crippen LogP contribution < -0.4 is 15.4 Å². The molecule has 1 aliphatic rings. The van der Waals surface area contributed by atoms with Crippen LogP contribution in [0.5, 0.6) is 5.75 Å². The van der Waals surface area contributed by atoms with E-state index < -0.39 is 5.82 Å². The van der Waals surface area contributed by atoms with Gasteiger partial charge >= 0.3 is 0 Å². The largest absolute Gasteiger partial charge is 0.494 e. The lowest BCUT2D eigenvalue weighted by Crippen LogP contribution is -2.39. The molecule has 1 aromatic rings. The van der Waals surface area contributed by atoms with Crippen LogP contribution in [0.4, 0.5) is 10.1 Å². The van der Waals surface area contributed by atoms with E-state index in [1.165, 1.54) is 25.3 Å². The highest BCUT2D eigenvalue weighted by atomic mass is 32.2. The first kappa shape index (κ1) is 14.1. The van der Waals surface area contributed by atoms with Gasteiger partial charge in [0.15, 0.2) is 11.6 Å². The molecule has 1 unspecified atom stereocenters. The molecule has 0 bridgehead atoms. The molecule has 1 fully saturated rings. The lowest BCUT2D eigenvalue weighted by molar-refractivity contribution is -0.116. The highest BCUT2D eigenvalue weighted by Crippen LogP contribution is 2.21. The number of carbonyl (C=O) groups is 1. The number of benzene rings is 1. The zero-order valence-corrected chi connectivity index (χ0v) is 11.6. The van der Waals surface area contributed by atoms with Gasteiger partial charge in [-0.3, -0.25) is 4.79 Å². The molecule has 0 spiro atoms. The van der Waals surface area contributed by atoms with E-state index in [4.69, 9.17) is 4.74 Å². The number of hydrogen-bond donors (Lipinski definition) is 2. The van der Waals surface area contributed by atoms with Crippen LogP contribution in [-0.2, 0) is 4.79 Å². The van der Waals surface area contributed by atoms with Gasteiger partial charge in [0.1, 0.15) is 0 Å². The fraction of sp³-hybridized carbons (Fsp3) is 0.462. The number of nitrogens with one attached hydrogen (secondary N) is 2. The molecule has 19 heavy (non-hydrogen) atoms. The smallest absolute Gasteiger partial charge is 0.225 e. The van der Waals surface area contributed by atoms with Crippen molar-refractivity contribution in [3.8, 4) is 5.75 Å². The number of methoxy groups -OCH3 is 1. The maximum absolute atomic E-state index is 13.2. The van der Waals surface area contributed by atoms with Crippen LogP contribution in [-0.4, -0.2) is 37.1 Å². The Balaban J connectivity index is 1.90. The van der Waals surface area contributed by atoms with Crippen molar-refractivity contribution >= 4 is 23.4 Å². The summed E-state index contributed by atoms with van der Waals surface area (Å²) < 4.78 is 18.1. The topological polar surface area (TPSA) is 50.4 Å². The summed E-state index contributed by atoms with van der Waals surface area (Å²) in [4.78, 5) is 11.9. The van der Waals surface area contributed by atoms with Crippen molar-refractivity contribution in [3.63, 3.8) is 0 Å². The molecule has 2 rings (SSSR count). The average molecular weight is 284 g/mol. The second-order valence-electron chi connectivity index (χ2n) is 4.33. The fourth-order valence-corrected chi connectivity index (χ4v) is 2.87. The summed E-state index contributed by atoms with van der Waals surface area (Å²) in [5.74, 6) is 1.65. The summed E-state index contributed by atoms with van der Waals surface area (Å²) in [7, 11) is 1.40. The van der Waals surface area contributed by atoms with Gasteiger partial charge in [0.25, 0.3) is 0 Å². The maximum atomic E-state index is 13.2. The van der Waals surface area contributed by atoms with Gasteiger partial charge in [-0.15, -0.1) is 0 Å². The number of carbonyl (C=O) groups excluding carboxylic acids is 1. The Hall–Kier alpha value is -1.27. The first-order valence-electron chi connectivity index (χ1n) is 6.13. The first-order chi connectivity index (χ1) is 9.19. The van der Waals surface area contributed by atoms with E-state index in [0.29, 0.717) is 12.1 Å². The minimum Gasteiger partial charge on any atom is -0.494 e. The third-order valence-corrected chi connectivity index (χ3v) is 4.00.